The molecular weight excluding hydrogens is 273 g/mol. The molecule has 1 heterocycles. The van der Waals surface area contributed by atoms with Gasteiger partial charge in [0.1, 0.15) is 0 Å². The van der Waals surface area contributed by atoms with Crippen molar-refractivity contribution in [3.05, 3.63) is 0 Å². The van der Waals surface area contributed by atoms with Crippen LogP contribution in [0.5, 0.6) is 0 Å². The number of halogens is 3. The quantitative estimate of drug-likeness (QED) is 0.795. The van der Waals surface area contributed by atoms with E-state index in [4.69, 9.17) is 0 Å². The highest BCUT2D eigenvalue weighted by Gasteiger charge is 2.26. The van der Waals surface area contributed by atoms with Crippen molar-refractivity contribution in [2.24, 2.45) is 0 Å². The van der Waals surface area contributed by atoms with E-state index in [2.05, 4.69) is 10.6 Å². The summed E-state index contributed by atoms with van der Waals surface area (Å²) >= 11 is 3.64. The average Bonchev–Trinajstić information content (AvgIpc) is 2.26. The van der Waals surface area contributed by atoms with Gasteiger partial charge in [0.2, 0.25) is 5.91 Å². The molecule has 0 aromatic rings. The molecule has 0 saturated carbocycles. The number of carbonyl (C=O) groups is 1. The lowest BCUT2D eigenvalue weighted by Crippen LogP contribution is -2.41. The molecule has 100 valence electrons. The van der Waals surface area contributed by atoms with Crippen molar-refractivity contribution < 1.29 is 18.0 Å². The summed E-state index contributed by atoms with van der Waals surface area (Å²) in [6, 6.07) is 0. The Morgan fingerprint density at radius 3 is 2.71 bits per heavy atom. The number of nitrogens with one attached hydrogen (secondary N) is 2. The second-order valence-electron chi connectivity index (χ2n) is 3.59. The monoisotopic (exact) mass is 288 g/mol. The van der Waals surface area contributed by atoms with Crippen LogP contribution in [0.25, 0.3) is 0 Å². The molecule has 1 aliphatic rings. The lowest BCUT2D eigenvalue weighted by atomic mass is 10.4. The normalized spacial score (nSPS) is 21.2. The van der Waals surface area contributed by atoms with E-state index < -0.39 is 12.7 Å². The van der Waals surface area contributed by atoms with Gasteiger partial charge in [-0.05, 0) is 0 Å². The molecule has 1 fully saturated rings. The van der Waals surface area contributed by atoms with Crippen molar-refractivity contribution in [1.82, 2.24) is 10.6 Å². The van der Waals surface area contributed by atoms with Crippen molar-refractivity contribution >= 4 is 29.4 Å². The van der Waals surface area contributed by atoms with Gasteiger partial charge < -0.3 is 10.6 Å². The summed E-state index contributed by atoms with van der Waals surface area (Å²) in [4.78, 5) is 11.2. The SMILES string of the molecule is O=C(CNCC(F)(F)F)NCC1CSCCS1. The number of hydrogen-bond donors (Lipinski definition) is 2. The minimum absolute atomic E-state index is 0.288. The maximum Gasteiger partial charge on any atom is 0.401 e. The zero-order chi connectivity index (χ0) is 12.7. The van der Waals surface area contributed by atoms with Crippen molar-refractivity contribution in [3.63, 3.8) is 0 Å². The number of alkyl halides is 3. The molecule has 0 aromatic carbocycles. The van der Waals surface area contributed by atoms with Gasteiger partial charge >= 0.3 is 6.18 Å². The van der Waals surface area contributed by atoms with E-state index in [1.807, 2.05) is 11.8 Å². The highest BCUT2D eigenvalue weighted by Crippen LogP contribution is 2.23. The van der Waals surface area contributed by atoms with Crippen molar-refractivity contribution in [3.8, 4) is 0 Å². The summed E-state index contributed by atoms with van der Waals surface area (Å²) in [5.41, 5.74) is 0. The van der Waals surface area contributed by atoms with Crippen LogP contribution in [0, 0.1) is 0 Å². The van der Waals surface area contributed by atoms with E-state index >= 15 is 0 Å². The molecule has 1 aliphatic heterocycles. The average molecular weight is 288 g/mol. The Labute approximate surface area is 107 Å². The molecule has 8 heteroatoms. The third-order valence-corrected chi connectivity index (χ3v) is 4.87. The minimum atomic E-state index is -4.27. The lowest BCUT2D eigenvalue weighted by Gasteiger charge is -2.21. The Bertz CT molecular complexity index is 245. The van der Waals surface area contributed by atoms with Crippen LogP contribution >= 0.6 is 23.5 Å². The van der Waals surface area contributed by atoms with Gasteiger partial charge in [0.25, 0.3) is 0 Å². The van der Waals surface area contributed by atoms with Crippen molar-refractivity contribution in [2.75, 3.05) is 36.9 Å². The third-order valence-electron chi connectivity index (χ3n) is 2.02. The number of carbonyl (C=O) groups excluding carboxylic acids is 1. The number of thioether (sulfide) groups is 2. The van der Waals surface area contributed by atoms with E-state index in [9.17, 15) is 18.0 Å². The standard InChI is InChI=1S/C9H15F3N2OS2/c10-9(11,12)6-13-4-8(15)14-3-7-5-16-1-2-17-7/h7,13H,1-6H2,(H,14,15). The van der Waals surface area contributed by atoms with Gasteiger partial charge in [0.05, 0.1) is 13.1 Å². The molecule has 1 rings (SSSR count). The van der Waals surface area contributed by atoms with Crippen LogP contribution in [0.3, 0.4) is 0 Å². The largest absolute Gasteiger partial charge is 0.401 e. The number of amides is 1. The van der Waals surface area contributed by atoms with Crippen LogP contribution in [-0.4, -0.2) is 54.2 Å². The summed E-state index contributed by atoms with van der Waals surface area (Å²) < 4.78 is 35.3. The van der Waals surface area contributed by atoms with Crippen LogP contribution in [0.15, 0.2) is 0 Å². The highest BCUT2D eigenvalue weighted by molar-refractivity contribution is 8.06. The van der Waals surface area contributed by atoms with Crippen LogP contribution in [0.1, 0.15) is 0 Å². The molecule has 1 atom stereocenters. The highest BCUT2D eigenvalue weighted by atomic mass is 32.2. The van der Waals surface area contributed by atoms with Gasteiger partial charge in [-0.1, -0.05) is 0 Å². The topological polar surface area (TPSA) is 41.1 Å². The Kier molecular flexibility index (Phi) is 6.50. The molecule has 0 bridgehead atoms. The van der Waals surface area contributed by atoms with E-state index in [-0.39, 0.29) is 12.5 Å². The zero-order valence-corrected chi connectivity index (χ0v) is 10.8. The summed E-state index contributed by atoms with van der Waals surface area (Å²) in [7, 11) is 0. The van der Waals surface area contributed by atoms with Gasteiger partial charge in [-0.15, -0.1) is 0 Å². The van der Waals surface area contributed by atoms with E-state index in [1.54, 1.807) is 11.8 Å². The van der Waals surface area contributed by atoms with Crippen molar-refractivity contribution in [1.29, 1.82) is 0 Å². The summed E-state index contributed by atoms with van der Waals surface area (Å²) in [5.74, 6) is 2.80. The molecule has 3 nitrogen and oxygen atoms in total. The van der Waals surface area contributed by atoms with E-state index in [0.29, 0.717) is 11.8 Å². The predicted octanol–water partition coefficient (Wildman–Crippen LogP) is 1.10. The fraction of sp³-hybridized carbons (Fsp3) is 0.889. The molecule has 0 aliphatic carbocycles. The molecule has 1 saturated heterocycles. The molecule has 2 N–H and O–H groups in total. The predicted molar refractivity (Wildman–Crippen MR) is 65.5 cm³/mol. The third kappa shape index (κ3) is 7.77. The number of hydrogen-bond acceptors (Lipinski definition) is 4. The minimum Gasteiger partial charge on any atom is -0.354 e. The zero-order valence-electron chi connectivity index (χ0n) is 9.18. The Morgan fingerprint density at radius 1 is 1.35 bits per heavy atom. The Morgan fingerprint density at radius 2 is 2.12 bits per heavy atom. The van der Waals surface area contributed by atoms with Crippen LogP contribution in [-0.2, 0) is 4.79 Å². The first kappa shape index (κ1) is 15.0. The lowest BCUT2D eigenvalue weighted by molar-refractivity contribution is -0.128. The first-order valence-corrected chi connectivity index (χ1v) is 7.41. The van der Waals surface area contributed by atoms with E-state index in [1.165, 1.54) is 0 Å². The van der Waals surface area contributed by atoms with Gasteiger partial charge in [-0.25, -0.2) is 0 Å². The molecule has 1 unspecified atom stereocenters. The van der Waals surface area contributed by atoms with Gasteiger partial charge in [-0.3, -0.25) is 4.79 Å². The summed E-state index contributed by atoms with van der Waals surface area (Å²) in [6.07, 6.45) is -4.27. The van der Waals surface area contributed by atoms with Crippen molar-refractivity contribution in [2.45, 2.75) is 11.4 Å². The first-order valence-electron chi connectivity index (χ1n) is 5.21. The fourth-order valence-electron chi connectivity index (χ4n) is 1.26. The smallest absolute Gasteiger partial charge is 0.354 e. The van der Waals surface area contributed by atoms with Gasteiger partial charge in [0.15, 0.2) is 0 Å². The summed E-state index contributed by atoms with van der Waals surface area (Å²) in [5, 5.41) is 5.07. The van der Waals surface area contributed by atoms with Crippen LogP contribution in [0.2, 0.25) is 0 Å². The summed E-state index contributed by atoms with van der Waals surface area (Å²) in [6.45, 7) is -0.886. The van der Waals surface area contributed by atoms with Gasteiger partial charge in [0, 0.05) is 29.1 Å². The Balaban J connectivity index is 2.04. The second-order valence-corrected chi connectivity index (χ2v) is 6.15. The molecule has 17 heavy (non-hydrogen) atoms. The maximum atomic E-state index is 11.8. The molecule has 0 aromatic heterocycles. The van der Waals surface area contributed by atoms with E-state index in [0.717, 1.165) is 17.3 Å². The molecule has 1 amide bonds. The Hall–Kier alpha value is -0.0800. The van der Waals surface area contributed by atoms with Crippen LogP contribution < -0.4 is 10.6 Å². The molecule has 0 radical (unpaired) electrons. The first-order chi connectivity index (χ1) is 7.97. The van der Waals surface area contributed by atoms with Gasteiger partial charge in [-0.2, -0.15) is 36.7 Å². The molecule has 0 spiro atoms. The second kappa shape index (κ2) is 7.38. The fourth-order valence-corrected chi connectivity index (χ4v) is 3.87. The number of rotatable bonds is 5. The van der Waals surface area contributed by atoms with Crippen LogP contribution in [0.4, 0.5) is 13.2 Å². The maximum absolute atomic E-state index is 11.8. The molecular formula is C9H15F3N2OS2.